The zero-order valence-electron chi connectivity index (χ0n) is 10.3. The Morgan fingerprint density at radius 3 is 2.63 bits per heavy atom. The molecule has 1 aromatic rings. The van der Waals surface area contributed by atoms with Crippen LogP contribution in [-0.4, -0.2) is 56.4 Å². The number of H-pyrrole nitrogens is 1. The van der Waals surface area contributed by atoms with Crippen molar-refractivity contribution in [2.24, 2.45) is 0 Å². The number of hydrogen-bond acceptors (Lipinski definition) is 4. The first kappa shape index (κ1) is 13.3. The molecule has 2 unspecified atom stereocenters. The van der Waals surface area contributed by atoms with Crippen LogP contribution in [0.1, 0.15) is 34.2 Å². The van der Waals surface area contributed by atoms with Crippen molar-refractivity contribution < 1.29 is 24.6 Å². The fraction of sp³-hybridized carbons (Fsp3) is 0.417. The molecule has 0 aromatic carbocycles. The average molecular weight is 266 g/mol. The van der Waals surface area contributed by atoms with Gasteiger partial charge in [0.2, 0.25) is 0 Å². The summed E-state index contributed by atoms with van der Waals surface area (Å²) in [5.41, 5.74) is 0.500. The predicted octanol–water partition coefficient (Wildman–Crippen LogP) is -0.123. The molecule has 0 spiro atoms. The molecule has 0 radical (unpaired) electrons. The number of Topliss-reactive ketones (excluding diaryl/α,β-unsaturated/α-hetero) is 1. The van der Waals surface area contributed by atoms with E-state index in [-0.39, 0.29) is 24.4 Å². The van der Waals surface area contributed by atoms with E-state index in [0.717, 1.165) is 4.90 Å². The van der Waals surface area contributed by atoms with Gasteiger partial charge in [-0.1, -0.05) is 0 Å². The molecule has 2 atom stereocenters. The third kappa shape index (κ3) is 2.50. The second-order valence-electron chi connectivity index (χ2n) is 4.56. The van der Waals surface area contributed by atoms with Crippen molar-refractivity contribution in [3.8, 4) is 0 Å². The first-order valence-corrected chi connectivity index (χ1v) is 5.81. The molecule has 2 rings (SSSR count). The van der Waals surface area contributed by atoms with Crippen LogP contribution in [0.5, 0.6) is 0 Å². The van der Waals surface area contributed by atoms with Gasteiger partial charge in [-0.15, -0.1) is 0 Å². The lowest BCUT2D eigenvalue weighted by molar-refractivity contribution is -0.141. The SMILES string of the molecule is CC(=O)c1c[nH]c(C(=O)N2CC(O)CC2C(=O)O)c1. The Hall–Kier alpha value is -2.15. The highest BCUT2D eigenvalue weighted by Gasteiger charge is 2.39. The summed E-state index contributed by atoms with van der Waals surface area (Å²) < 4.78 is 0. The highest BCUT2D eigenvalue weighted by atomic mass is 16.4. The van der Waals surface area contributed by atoms with E-state index in [0.29, 0.717) is 5.56 Å². The largest absolute Gasteiger partial charge is 0.480 e. The molecule has 1 aromatic heterocycles. The lowest BCUT2D eigenvalue weighted by atomic mass is 10.2. The number of aliphatic hydroxyl groups excluding tert-OH is 1. The first-order chi connectivity index (χ1) is 8.90. The summed E-state index contributed by atoms with van der Waals surface area (Å²) in [6, 6.07) is 0.348. The number of hydrogen-bond donors (Lipinski definition) is 3. The van der Waals surface area contributed by atoms with Gasteiger partial charge in [0.05, 0.1) is 6.10 Å². The number of carbonyl (C=O) groups is 3. The van der Waals surface area contributed by atoms with Gasteiger partial charge < -0.3 is 20.1 Å². The molecule has 1 amide bonds. The zero-order valence-corrected chi connectivity index (χ0v) is 10.3. The normalized spacial score (nSPS) is 22.5. The average Bonchev–Trinajstić information content (AvgIpc) is 2.94. The van der Waals surface area contributed by atoms with Crippen LogP contribution >= 0.6 is 0 Å². The maximum atomic E-state index is 12.2. The summed E-state index contributed by atoms with van der Waals surface area (Å²) in [6.07, 6.45) is 0.575. The van der Waals surface area contributed by atoms with Gasteiger partial charge in [-0.05, 0) is 13.0 Å². The fourth-order valence-electron chi connectivity index (χ4n) is 2.15. The summed E-state index contributed by atoms with van der Waals surface area (Å²) in [7, 11) is 0. The van der Waals surface area contributed by atoms with Gasteiger partial charge in [-0.2, -0.15) is 0 Å². The van der Waals surface area contributed by atoms with Gasteiger partial charge in [0.25, 0.3) is 5.91 Å². The quantitative estimate of drug-likeness (QED) is 0.660. The molecule has 102 valence electrons. The van der Waals surface area contributed by atoms with Crippen LogP contribution in [0.4, 0.5) is 0 Å². The molecule has 1 fully saturated rings. The summed E-state index contributed by atoms with van der Waals surface area (Å²) in [5.74, 6) is -1.87. The molecule has 0 aliphatic carbocycles. The fourth-order valence-corrected chi connectivity index (χ4v) is 2.15. The minimum Gasteiger partial charge on any atom is -0.480 e. The molecule has 7 nitrogen and oxygen atoms in total. The van der Waals surface area contributed by atoms with Crippen LogP contribution in [0.15, 0.2) is 12.3 Å². The first-order valence-electron chi connectivity index (χ1n) is 5.81. The molecule has 0 bridgehead atoms. The van der Waals surface area contributed by atoms with Crippen LogP contribution in [0.2, 0.25) is 0 Å². The number of ketones is 1. The number of carboxylic acids is 1. The number of likely N-dealkylation sites (tertiary alicyclic amines) is 1. The molecule has 7 heteroatoms. The molecule has 1 saturated heterocycles. The van der Waals surface area contributed by atoms with Gasteiger partial charge in [-0.25, -0.2) is 4.79 Å². The molecule has 1 aliphatic heterocycles. The Bertz CT molecular complexity index is 536. The molecule has 2 heterocycles. The molecule has 0 saturated carbocycles. The maximum Gasteiger partial charge on any atom is 0.326 e. The Balaban J connectivity index is 2.22. The summed E-state index contributed by atoms with van der Waals surface area (Å²) in [4.78, 5) is 38.1. The lowest BCUT2D eigenvalue weighted by Crippen LogP contribution is -2.40. The second-order valence-corrected chi connectivity index (χ2v) is 4.56. The van der Waals surface area contributed by atoms with Crippen molar-refractivity contribution in [1.82, 2.24) is 9.88 Å². The van der Waals surface area contributed by atoms with Crippen molar-refractivity contribution >= 4 is 17.7 Å². The van der Waals surface area contributed by atoms with E-state index >= 15 is 0 Å². The molecule has 1 aliphatic rings. The maximum absolute atomic E-state index is 12.2. The Morgan fingerprint density at radius 2 is 2.11 bits per heavy atom. The van der Waals surface area contributed by atoms with Crippen LogP contribution in [-0.2, 0) is 4.79 Å². The molecule has 3 N–H and O–H groups in total. The number of amides is 1. The summed E-state index contributed by atoms with van der Waals surface area (Å²) in [6.45, 7) is 1.35. The van der Waals surface area contributed by atoms with Gasteiger partial charge in [0, 0.05) is 24.7 Å². The molecule has 19 heavy (non-hydrogen) atoms. The van der Waals surface area contributed by atoms with Crippen molar-refractivity contribution in [2.75, 3.05) is 6.54 Å². The van der Waals surface area contributed by atoms with Crippen molar-refractivity contribution in [3.63, 3.8) is 0 Å². The van der Waals surface area contributed by atoms with Crippen LogP contribution < -0.4 is 0 Å². The van der Waals surface area contributed by atoms with E-state index in [1.165, 1.54) is 19.2 Å². The number of carbonyl (C=O) groups excluding carboxylic acids is 2. The van der Waals surface area contributed by atoms with E-state index in [9.17, 15) is 19.5 Å². The third-order valence-corrected chi connectivity index (χ3v) is 3.14. The summed E-state index contributed by atoms with van der Waals surface area (Å²) in [5, 5.41) is 18.5. The topological polar surface area (TPSA) is 111 Å². The highest BCUT2D eigenvalue weighted by Crippen LogP contribution is 2.21. The second kappa shape index (κ2) is 4.85. The van der Waals surface area contributed by atoms with E-state index in [2.05, 4.69) is 4.98 Å². The van der Waals surface area contributed by atoms with Gasteiger partial charge in [-0.3, -0.25) is 9.59 Å². The van der Waals surface area contributed by atoms with Crippen LogP contribution in [0.3, 0.4) is 0 Å². The predicted molar refractivity (Wildman–Crippen MR) is 63.9 cm³/mol. The van der Waals surface area contributed by atoms with Crippen molar-refractivity contribution in [1.29, 1.82) is 0 Å². The number of nitrogens with one attached hydrogen (secondary N) is 1. The number of aromatic amines is 1. The number of rotatable bonds is 3. The van der Waals surface area contributed by atoms with E-state index in [1.807, 2.05) is 0 Å². The van der Waals surface area contributed by atoms with Crippen molar-refractivity contribution in [3.05, 3.63) is 23.5 Å². The monoisotopic (exact) mass is 266 g/mol. The number of aliphatic hydroxyl groups is 1. The van der Waals surface area contributed by atoms with Gasteiger partial charge in [0.1, 0.15) is 11.7 Å². The van der Waals surface area contributed by atoms with E-state index in [1.54, 1.807) is 0 Å². The Morgan fingerprint density at radius 1 is 1.42 bits per heavy atom. The number of carboxylic acid groups (broad SMARTS) is 1. The smallest absolute Gasteiger partial charge is 0.326 e. The molecular weight excluding hydrogens is 252 g/mol. The number of nitrogens with zero attached hydrogens (tertiary/aromatic N) is 1. The zero-order chi connectivity index (χ0) is 14.2. The molecular formula is C12H14N2O5. The lowest BCUT2D eigenvalue weighted by Gasteiger charge is -2.20. The number of aliphatic carboxylic acids is 1. The minimum atomic E-state index is -1.15. The standard InChI is InChI=1S/C12H14N2O5/c1-6(15)7-2-9(13-4-7)11(17)14-5-8(16)3-10(14)12(18)19/h2,4,8,10,13,16H,3,5H2,1H3,(H,18,19). The van der Waals surface area contributed by atoms with Crippen molar-refractivity contribution in [2.45, 2.75) is 25.5 Å². The van der Waals surface area contributed by atoms with E-state index < -0.39 is 24.0 Å². The van der Waals surface area contributed by atoms with E-state index in [4.69, 9.17) is 5.11 Å². The number of aromatic nitrogens is 1. The Kier molecular flexibility index (Phi) is 3.39. The Labute approximate surface area is 108 Å². The summed E-state index contributed by atoms with van der Waals surface area (Å²) >= 11 is 0. The van der Waals surface area contributed by atoms with Crippen LogP contribution in [0, 0.1) is 0 Å². The van der Waals surface area contributed by atoms with Gasteiger partial charge in [0.15, 0.2) is 5.78 Å². The minimum absolute atomic E-state index is 0.0152. The highest BCUT2D eigenvalue weighted by molar-refractivity contribution is 6.00. The van der Waals surface area contributed by atoms with Crippen LogP contribution in [0.25, 0.3) is 0 Å². The number of β-amino-alcohol motifs (C(OH)–C–C–N with tert-alkyl or cyclic N) is 1. The van der Waals surface area contributed by atoms with Gasteiger partial charge >= 0.3 is 5.97 Å². The third-order valence-electron chi connectivity index (χ3n) is 3.14.